The summed E-state index contributed by atoms with van der Waals surface area (Å²) in [5, 5.41) is 10.3. The van der Waals surface area contributed by atoms with Crippen LogP contribution in [-0.4, -0.2) is 36.1 Å². The first kappa shape index (κ1) is 21.9. The zero-order chi connectivity index (χ0) is 21.7. The van der Waals surface area contributed by atoms with E-state index in [1.54, 1.807) is 24.3 Å². The standard InChI is InChI=1S/C17H11ClO5.C6H13N/c1-9(19)22-15-6-10(20)7-16-17(15)13(21)8-14(23-16)11-4-2-3-5-12(11)18;1-7-5-3-2-4-6-7/h2-8,20H,1H3;2-6H2,1H3. The van der Waals surface area contributed by atoms with Crippen LogP contribution in [0, 0.1) is 0 Å². The van der Waals surface area contributed by atoms with Crippen LogP contribution >= 0.6 is 11.6 Å². The number of rotatable bonds is 2. The predicted octanol–water partition coefficient (Wildman–Crippen LogP) is 4.85. The van der Waals surface area contributed by atoms with E-state index in [1.807, 2.05) is 0 Å². The van der Waals surface area contributed by atoms with Crippen LogP contribution in [-0.2, 0) is 4.79 Å². The molecule has 1 fully saturated rings. The Bertz CT molecular complexity index is 1100. The summed E-state index contributed by atoms with van der Waals surface area (Å²) in [6, 6.07) is 10.7. The van der Waals surface area contributed by atoms with Crippen molar-refractivity contribution in [3.8, 4) is 22.8 Å². The maximum absolute atomic E-state index is 12.4. The molecule has 0 unspecified atom stereocenters. The summed E-state index contributed by atoms with van der Waals surface area (Å²) in [5.74, 6) is -0.584. The summed E-state index contributed by atoms with van der Waals surface area (Å²) in [5.41, 5.74) is 0.242. The van der Waals surface area contributed by atoms with Gasteiger partial charge < -0.3 is 19.2 Å². The number of likely N-dealkylation sites (tertiary alicyclic amines) is 1. The number of phenolic OH excluding ortho intramolecular Hbond substituents is 1. The van der Waals surface area contributed by atoms with Crippen molar-refractivity contribution in [3.63, 3.8) is 0 Å². The van der Waals surface area contributed by atoms with Gasteiger partial charge in [-0.15, -0.1) is 0 Å². The highest BCUT2D eigenvalue weighted by Gasteiger charge is 2.16. The fourth-order valence-corrected chi connectivity index (χ4v) is 3.55. The van der Waals surface area contributed by atoms with Gasteiger partial charge in [-0.05, 0) is 45.1 Å². The second-order valence-electron chi connectivity index (χ2n) is 7.23. The number of nitrogens with zero attached hydrogens (tertiary/aromatic N) is 1. The van der Waals surface area contributed by atoms with Gasteiger partial charge >= 0.3 is 5.97 Å². The van der Waals surface area contributed by atoms with Gasteiger partial charge in [0.15, 0.2) is 5.43 Å². The van der Waals surface area contributed by atoms with Crippen molar-refractivity contribution in [3.05, 3.63) is 57.7 Å². The largest absolute Gasteiger partial charge is 0.508 e. The van der Waals surface area contributed by atoms with Crippen molar-refractivity contribution < 1.29 is 19.1 Å². The summed E-state index contributed by atoms with van der Waals surface area (Å²) in [6.07, 6.45) is 4.28. The summed E-state index contributed by atoms with van der Waals surface area (Å²) in [7, 11) is 2.19. The molecule has 2 aromatic carbocycles. The van der Waals surface area contributed by atoms with Gasteiger partial charge in [0.05, 0.1) is 5.02 Å². The number of phenols is 1. The molecule has 30 heavy (non-hydrogen) atoms. The quantitative estimate of drug-likeness (QED) is 0.463. The van der Waals surface area contributed by atoms with Crippen molar-refractivity contribution in [2.45, 2.75) is 26.2 Å². The predicted molar refractivity (Wildman–Crippen MR) is 117 cm³/mol. The lowest BCUT2D eigenvalue weighted by Crippen LogP contribution is -2.24. The van der Waals surface area contributed by atoms with E-state index in [1.165, 1.54) is 57.5 Å². The molecule has 1 aliphatic rings. The highest BCUT2D eigenvalue weighted by Crippen LogP contribution is 2.33. The van der Waals surface area contributed by atoms with E-state index < -0.39 is 11.4 Å². The molecule has 0 aliphatic carbocycles. The topological polar surface area (TPSA) is 80.0 Å². The first-order chi connectivity index (χ1) is 14.3. The number of hydrogen-bond acceptors (Lipinski definition) is 6. The fourth-order valence-electron chi connectivity index (χ4n) is 3.32. The molecule has 0 amide bonds. The molecule has 2 heterocycles. The third kappa shape index (κ3) is 5.40. The van der Waals surface area contributed by atoms with Crippen molar-refractivity contribution in [2.24, 2.45) is 0 Å². The Morgan fingerprint density at radius 3 is 2.43 bits per heavy atom. The van der Waals surface area contributed by atoms with Crippen LogP contribution < -0.4 is 10.2 Å². The molecule has 0 spiro atoms. The first-order valence-corrected chi connectivity index (χ1v) is 10.2. The zero-order valence-corrected chi connectivity index (χ0v) is 17.7. The number of benzene rings is 2. The minimum absolute atomic E-state index is 0.0491. The van der Waals surface area contributed by atoms with Gasteiger partial charge in [0, 0.05) is 30.7 Å². The second-order valence-corrected chi connectivity index (χ2v) is 7.64. The minimum Gasteiger partial charge on any atom is -0.508 e. The molecule has 0 radical (unpaired) electrons. The highest BCUT2D eigenvalue weighted by atomic mass is 35.5. The minimum atomic E-state index is -0.605. The van der Waals surface area contributed by atoms with Crippen LogP contribution in [0.25, 0.3) is 22.3 Å². The lowest BCUT2D eigenvalue weighted by atomic mass is 10.1. The average molecular weight is 430 g/mol. The molecule has 4 rings (SSSR count). The van der Waals surface area contributed by atoms with E-state index in [4.69, 9.17) is 20.8 Å². The number of esters is 1. The van der Waals surface area contributed by atoms with E-state index in [9.17, 15) is 14.7 Å². The van der Waals surface area contributed by atoms with Crippen LogP contribution in [0.2, 0.25) is 5.02 Å². The molecule has 0 saturated carbocycles. The molecule has 1 aliphatic heterocycles. The Labute approximate surface area is 179 Å². The maximum atomic E-state index is 12.4. The van der Waals surface area contributed by atoms with E-state index in [0.717, 1.165) is 0 Å². The Kier molecular flexibility index (Phi) is 7.13. The number of carbonyl (C=O) groups excluding carboxylic acids is 1. The van der Waals surface area contributed by atoms with Gasteiger partial charge in [-0.25, -0.2) is 0 Å². The number of halogens is 1. The summed E-state index contributed by atoms with van der Waals surface area (Å²) in [4.78, 5) is 26.0. The number of fused-ring (bicyclic) bond motifs is 1. The smallest absolute Gasteiger partial charge is 0.308 e. The van der Waals surface area contributed by atoms with Crippen LogP contribution in [0.4, 0.5) is 0 Å². The molecule has 0 bridgehead atoms. The van der Waals surface area contributed by atoms with Gasteiger partial charge in [0.25, 0.3) is 0 Å². The SMILES string of the molecule is CC(=O)Oc1cc(O)cc2oc(-c3ccccc3Cl)cc(=O)c12.CN1CCCCC1. The van der Waals surface area contributed by atoms with Crippen LogP contribution in [0.15, 0.2) is 51.7 Å². The Hall–Kier alpha value is -2.83. The van der Waals surface area contributed by atoms with E-state index in [0.29, 0.717) is 10.6 Å². The third-order valence-electron chi connectivity index (χ3n) is 4.75. The Balaban J connectivity index is 0.000000310. The monoisotopic (exact) mass is 429 g/mol. The van der Waals surface area contributed by atoms with E-state index in [2.05, 4.69) is 11.9 Å². The van der Waals surface area contributed by atoms with Gasteiger partial charge in [-0.2, -0.15) is 0 Å². The second kappa shape index (κ2) is 9.78. The molecule has 1 saturated heterocycles. The first-order valence-electron chi connectivity index (χ1n) is 9.78. The van der Waals surface area contributed by atoms with Crippen molar-refractivity contribution in [1.29, 1.82) is 0 Å². The molecule has 3 aromatic rings. The fraction of sp³-hybridized carbons (Fsp3) is 0.304. The van der Waals surface area contributed by atoms with Gasteiger partial charge in [0.1, 0.15) is 28.2 Å². The number of ether oxygens (including phenoxy) is 1. The molecule has 158 valence electrons. The number of hydrogen-bond donors (Lipinski definition) is 1. The summed E-state index contributed by atoms with van der Waals surface area (Å²) >= 11 is 6.11. The lowest BCUT2D eigenvalue weighted by Gasteiger charge is -2.20. The van der Waals surface area contributed by atoms with E-state index in [-0.39, 0.29) is 28.2 Å². The molecule has 7 heteroatoms. The molecular weight excluding hydrogens is 406 g/mol. The maximum Gasteiger partial charge on any atom is 0.308 e. The van der Waals surface area contributed by atoms with Crippen molar-refractivity contribution in [1.82, 2.24) is 4.90 Å². The van der Waals surface area contributed by atoms with Gasteiger partial charge in [0.2, 0.25) is 0 Å². The lowest BCUT2D eigenvalue weighted by molar-refractivity contribution is -0.131. The average Bonchev–Trinajstić information content (AvgIpc) is 2.68. The molecule has 6 nitrogen and oxygen atoms in total. The zero-order valence-electron chi connectivity index (χ0n) is 17.0. The van der Waals surface area contributed by atoms with Crippen molar-refractivity contribution in [2.75, 3.05) is 20.1 Å². The third-order valence-corrected chi connectivity index (χ3v) is 5.08. The number of piperidine rings is 1. The molecule has 0 atom stereocenters. The number of aromatic hydroxyl groups is 1. The Morgan fingerprint density at radius 1 is 1.13 bits per heavy atom. The summed E-state index contributed by atoms with van der Waals surface area (Å²) in [6.45, 7) is 3.84. The van der Waals surface area contributed by atoms with E-state index >= 15 is 0 Å². The normalized spacial score (nSPS) is 14.1. The van der Waals surface area contributed by atoms with Crippen LogP contribution in [0.1, 0.15) is 26.2 Å². The Morgan fingerprint density at radius 2 is 1.83 bits per heavy atom. The van der Waals surface area contributed by atoms with Gasteiger partial charge in [-0.3, -0.25) is 9.59 Å². The highest BCUT2D eigenvalue weighted by molar-refractivity contribution is 6.33. The van der Waals surface area contributed by atoms with Crippen LogP contribution in [0.5, 0.6) is 11.5 Å². The molecule has 1 aromatic heterocycles. The molecular formula is C23H24ClNO5. The number of carbonyl (C=O) groups is 1. The van der Waals surface area contributed by atoms with Crippen molar-refractivity contribution >= 4 is 28.5 Å². The van der Waals surface area contributed by atoms with Crippen LogP contribution in [0.3, 0.4) is 0 Å². The van der Waals surface area contributed by atoms with Gasteiger partial charge in [-0.1, -0.05) is 30.2 Å². The molecule has 1 N–H and O–H groups in total. The summed E-state index contributed by atoms with van der Waals surface area (Å²) < 4.78 is 10.7.